The van der Waals surface area contributed by atoms with E-state index in [1.807, 2.05) is 30.3 Å². The molecule has 0 fully saturated rings. The third-order valence-electron chi connectivity index (χ3n) is 3.91. The van der Waals surface area contributed by atoms with E-state index in [-0.39, 0.29) is 29.2 Å². The van der Waals surface area contributed by atoms with Gasteiger partial charge in [0.1, 0.15) is 9.88 Å². The van der Waals surface area contributed by atoms with Gasteiger partial charge in [0.05, 0.1) is 25.4 Å². The number of nitrogens with zero attached hydrogens (tertiary/aromatic N) is 3. The van der Waals surface area contributed by atoms with Gasteiger partial charge in [0.25, 0.3) is 5.22 Å². The molecule has 0 spiro atoms. The fourth-order valence-corrected chi connectivity index (χ4v) is 4.18. The number of benzene rings is 1. The van der Waals surface area contributed by atoms with E-state index < -0.39 is 5.97 Å². The predicted molar refractivity (Wildman–Crippen MR) is 114 cm³/mol. The molecule has 10 heteroatoms. The van der Waals surface area contributed by atoms with Gasteiger partial charge < -0.3 is 14.5 Å². The standard InChI is InChI=1S/C20H18N4O4S2/c1-4-27-19(26)17-12(2)16(21-3)18(30-17)22-14(25)11-29-20-24-23-15(28-20)10-13-8-6-5-7-9-13/h5-9H,4,10-11H2,1-2H3,(H,22,25). The predicted octanol–water partition coefficient (Wildman–Crippen LogP) is 4.49. The van der Waals surface area contributed by atoms with Crippen molar-refractivity contribution in [3.63, 3.8) is 0 Å². The quantitative estimate of drug-likeness (QED) is 0.312. The van der Waals surface area contributed by atoms with Gasteiger partial charge in [0.15, 0.2) is 0 Å². The normalized spacial score (nSPS) is 10.4. The maximum absolute atomic E-state index is 12.3. The molecule has 1 amide bonds. The highest BCUT2D eigenvalue weighted by atomic mass is 32.2. The number of rotatable bonds is 8. The molecule has 30 heavy (non-hydrogen) atoms. The Kier molecular flexibility index (Phi) is 7.21. The molecular formula is C20H18N4O4S2. The van der Waals surface area contributed by atoms with Crippen molar-refractivity contribution >= 4 is 45.7 Å². The lowest BCUT2D eigenvalue weighted by atomic mass is 10.2. The summed E-state index contributed by atoms with van der Waals surface area (Å²) in [6.45, 7) is 10.9. The summed E-state index contributed by atoms with van der Waals surface area (Å²) < 4.78 is 10.6. The van der Waals surface area contributed by atoms with Crippen LogP contribution in [0.25, 0.3) is 4.85 Å². The summed E-state index contributed by atoms with van der Waals surface area (Å²) in [5, 5.41) is 11.2. The molecule has 2 aromatic heterocycles. The fraction of sp³-hybridized carbons (Fsp3) is 0.250. The number of aromatic nitrogens is 2. The summed E-state index contributed by atoms with van der Waals surface area (Å²) in [5.74, 6) is -0.357. The minimum atomic E-state index is -0.503. The Morgan fingerprint density at radius 2 is 2.07 bits per heavy atom. The first-order chi connectivity index (χ1) is 14.5. The number of carbonyl (C=O) groups excluding carboxylic acids is 2. The average molecular weight is 443 g/mol. The Morgan fingerprint density at radius 3 is 2.77 bits per heavy atom. The molecule has 3 rings (SSSR count). The van der Waals surface area contributed by atoms with Gasteiger partial charge in [-0.15, -0.1) is 21.5 Å². The maximum atomic E-state index is 12.3. The molecule has 3 aromatic rings. The third kappa shape index (κ3) is 5.25. The molecule has 0 unspecified atom stereocenters. The van der Waals surface area contributed by atoms with Crippen LogP contribution < -0.4 is 5.32 Å². The van der Waals surface area contributed by atoms with E-state index in [1.54, 1.807) is 13.8 Å². The summed E-state index contributed by atoms with van der Waals surface area (Å²) >= 11 is 2.13. The Bertz CT molecular complexity index is 1090. The van der Waals surface area contributed by atoms with E-state index in [4.69, 9.17) is 15.7 Å². The lowest BCUT2D eigenvalue weighted by Crippen LogP contribution is -2.13. The molecule has 154 valence electrons. The highest BCUT2D eigenvalue weighted by Gasteiger charge is 2.22. The first-order valence-corrected chi connectivity index (χ1v) is 10.8. The number of hydrogen-bond acceptors (Lipinski definition) is 8. The van der Waals surface area contributed by atoms with Crippen molar-refractivity contribution in [2.45, 2.75) is 25.5 Å². The van der Waals surface area contributed by atoms with Crippen LogP contribution >= 0.6 is 23.1 Å². The SMILES string of the molecule is [C-]#[N+]c1c(NC(=O)CSc2nnc(Cc3ccccc3)o2)sc(C(=O)OCC)c1C. The van der Waals surface area contributed by atoms with Crippen LogP contribution in [0.4, 0.5) is 10.7 Å². The molecule has 8 nitrogen and oxygen atoms in total. The first-order valence-electron chi connectivity index (χ1n) is 8.98. The molecule has 0 radical (unpaired) electrons. The number of esters is 1. The molecule has 1 N–H and O–H groups in total. The van der Waals surface area contributed by atoms with Crippen LogP contribution in [0.1, 0.15) is 33.6 Å². The zero-order valence-electron chi connectivity index (χ0n) is 16.3. The molecule has 0 atom stereocenters. The van der Waals surface area contributed by atoms with Gasteiger partial charge in [0.2, 0.25) is 17.5 Å². The van der Waals surface area contributed by atoms with E-state index in [1.165, 1.54) is 0 Å². The largest absolute Gasteiger partial charge is 0.462 e. The second kappa shape index (κ2) is 10.0. The fourth-order valence-electron chi connectivity index (χ4n) is 2.54. The zero-order chi connectivity index (χ0) is 21.5. The van der Waals surface area contributed by atoms with Crippen molar-refractivity contribution in [2.24, 2.45) is 0 Å². The summed E-state index contributed by atoms with van der Waals surface area (Å²) in [7, 11) is 0. The topological polar surface area (TPSA) is 98.7 Å². The molecule has 0 saturated heterocycles. The van der Waals surface area contributed by atoms with Crippen molar-refractivity contribution in [1.82, 2.24) is 10.2 Å². The monoisotopic (exact) mass is 442 g/mol. The van der Waals surface area contributed by atoms with Crippen LogP contribution in [0.15, 0.2) is 40.0 Å². The molecule has 0 saturated carbocycles. The summed E-state index contributed by atoms with van der Waals surface area (Å²) in [4.78, 5) is 28.1. The smallest absolute Gasteiger partial charge is 0.347 e. The highest BCUT2D eigenvalue weighted by Crippen LogP contribution is 2.40. The molecule has 2 heterocycles. The number of ether oxygens (including phenoxy) is 1. The number of nitrogens with one attached hydrogen (secondary N) is 1. The Balaban J connectivity index is 1.59. The molecule has 0 aliphatic heterocycles. The van der Waals surface area contributed by atoms with E-state index in [0.717, 1.165) is 28.7 Å². The van der Waals surface area contributed by atoms with Crippen LogP contribution in [-0.4, -0.2) is 34.4 Å². The van der Waals surface area contributed by atoms with E-state index in [0.29, 0.717) is 27.8 Å². The van der Waals surface area contributed by atoms with Gasteiger partial charge >= 0.3 is 5.97 Å². The molecule has 0 aliphatic carbocycles. The number of thiophene rings is 1. The number of carbonyl (C=O) groups is 2. The van der Waals surface area contributed by atoms with Gasteiger partial charge in [0, 0.05) is 0 Å². The van der Waals surface area contributed by atoms with Crippen molar-refractivity contribution in [2.75, 3.05) is 17.7 Å². The molecular weight excluding hydrogens is 424 g/mol. The first kappa shape index (κ1) is 21.5. The zero-order valence-corrected chi connectivity index (χ0v) is 17.9. The maximum Gasteiger partial charge on any atom is 0.347 e. The van der Waals surface area contributed by atoms with E-state index >= 15 is 0 Å². The molecule has 0 aliphatic rings. The Hall–Kier alpha value is -3.16. The van der Waals surface area contributed by atoms with Crippen molar-refractivity contribution in [3.05, 3.63) is 63.6 Å². The number of amides is 1. The minimum Gasteiger partial charge on any atom is -0.462 e. The summed E-state index contributed by atoms with van der Waals surface area (Å²) in [5.41, 5.74) is 1.79. The van der Waals surface area contributed by atoms with Gasteiger partial charge in [-0.2, -0.15) is 0 Å². The molecule has 1 aromatic carbocycles. The van der Waals surface area contributed by atoms with Gasteiger partial charge in [-0.3, -0.25) is 4.79 Å². The van der Waals surface area contributed by atoms with Crippen LogP contribution in [0.2, 0.25) is 0 Å². The number of thioether (sulfide) groups is 1. The van der Waals surface area contributed by atoms with Crippen LogP contribution in [-0.2, 0) is 16.0 Å². The van der Waals surface area contributed by atoms with Crippen LogP contribution in [0.3, 0.4) is 0 Å². The van der Waals surface area contributed by atoms with Gasteiger partial charge in [-0.25, -0.2) is 9.64 Å². The van der Waals surface area contributed by atoms with Gasteiger partial charge in [-0.05, 0) is 25.0 Å². The summed E-state index contributed by atoms with van der Waals surface area (Å²) in [6.07, 6.45) is 0.514. The van der Waals surface area contributed by atoms with Crippen LogP contribution in [0, 0.1) is 13.5 Å². The van der Waals surface area contributed by atoms with E-state index in [2.05, 4.69) is 20.4 Å². The highest BCUT2D eigenvalue weighted by molar-refractivity contribution is 7.99. The number of anilines is 1. The van der Waals surface area contributed by atoms with Crippen molar-refractivity contribution in [1.29, 1.82) is 0 Å². The second-order valence-electron chi connectivity index (χ2n) is 6.03. The van der Waals surface area contributed by atoms with E-state index in [9.17, 15) is 9.59 Å². The lowest BCUT2D eigenvalue weighted by Gasteiger charge is -2.02. The van der Waals surface area contributed by atoms with Gasteiger partial charge in [-0.1, -0.05) is 42.1 Å². The second-order valence-corrected chi connectivity index (χ2v) is 7.97. The minimum absolute atomic E-state index is 0.0239. The molecule has 0 bridgehead atoms. The Morgan fingerprint density at radius 1 is 1.30 bits per heavy atom. The summed E-state index contributed by atoms with van der Waals surface area (Å²) in [6, 6.07) is 9.73. The van der Waals surface area contributed by atoms with Crippen molar-refractivity contribution in [3.8, 4) is 0 Å². The number of hydrogen-bond donors (Lipinski definition) is 1. The van der Waals surface area contributed by atoms with Crippen molar-refractivity contribution < 1.29 is 18.7 Å². The lowest BCUT2D eigenvalue weighted by molar-refractivity contribution is -0.113. The van der Waals surface area contributed by atoms with Crippen LogP contribution in [0.5, 0.6) is 0 Å². The Labute approximate surface area is 181 Å². The average Bonchev–Trinajstić information content (AvgIpc) is 3.31. The third-order valence-corrected chi connectivity index (χ3v) is 5.91.